The highest BCUT2D eigenvalue weighted by Gasteiger charge is 2.23. The molecule has 218 valence electrons. The first-order valence-electron chi connectivity index (χ1n) is 15.2. The highest BCUT2D eigenvalue weighted by molar-refractivity contribution is 6.18. The van der Waals surface area contributed by atoms with Gasteiger partial charge in [-0.25, -0.2) is 0 Å². The van der Waals surface area contributed by atoms with Crippen LogP contribution in [-0.2, 0) is 0 Å². The normalized spacial score (nSPS) is 12.7. The van der Waals surface area contributed by atoms with Crippen molar-refractivity contribution in [2.75, 3.05) is 0 Å². The molecule has 7 aromatic rings. The maximum absolute atomic E-state index is 9.96. The van der Waals surface area contributed by atoms with Gasteiger partial charge >= 0.3 is 0 Å². The summed E-state index contributed by atoms with van der Waals surface area (Å²) in [6.45, 7) is 14.7. The van der Waals surface area contributed by atoms with Crippen LogP contribution in [-0.4, -0.2) is 15.9 Å². The third-order valence-electron chi connectivity index (χ3n) is 8.85. The van der Waals surface area contributed by atoms with Crippen LogP contribution in [0.5, 0.6) is 0 Å². The molecule has 0 bridgehead atoms. The van der Waals surface area contributed by atoms with Gasteiger partial charge in [-0.1, -0.05) is 60.7 Å². The van der Waals surface area contributed by atoms with Gasteiger partial charge in [0.2, 0.25) is 0 Å². The van der Waals surface area contributed by atoms with Crippen LogP contribution in [0, 0.1) is 39.0 Å². The maximum atomic E-state index is 9.96. The summed E-state index contributed by atoms with van der Waals surface area (Å²) in [5, 5.41) is 14.7. The molecule has 0 unspecified atom stereocenters. The van der Waals surface area contributed by atoms with Gasteiger partial charge in [0.25, 0.3) is 0 Å². The molecule has 2 aromatic heterocycles. The lowest BCUT2D eigenvalue weighted by Gasteiger charge is -2.21. The van der Waals surface area contributed by atoms with E-state index in [4.69, 9.17) is 0 Å². The predicted octanol–water partition coefficient (Wildman–Crippen LogP) is 10.6. The van der Waals surface area contributed by atoms with Gasteiger partial charge in [-0.05, 0) is 106 Å². The Kier molecular flexibility index (Phi) is 6.75. The summed E-state index contributed by atoms with van der Waals surface area (Å²) in [6, 6.07) is 36.8. The molecule has 0 aliphatic heterocycles. The highest BCUT2D eigenvalue weighted by atomic mass is 15.0. The first-order valence-corrected chi connectivity index (χ1v) is 15.2. The second-order valence-corrected chi connectivity index (χ2v) is 12.1. The Hall–Kier alpha value is -5.66. The smallest absolute Gasteiger partial charge is 0.0991 e. The monoisotopic (exact) mass is 582 g/mol. The summed E-state index contributed by atoms with van der Waals surface area (Å²) in [5.74, 6) is 0. The third kappa shape index (κ3) is 4.56. The molecule has 0 aliphatic carbocycles. The van der Waals surface area contributed by atoms with Crippen molar-refractivity contribution >= 4 is 67.3 Å². The van der Waals surface area contributed by atoms with Crippen LogP contribution in [0.3, 0.4) is 0 Å². The lowest BCUT2D eigenvalue weighted by Crippen LogP contribution is -2.06. The van der Waals surface area contributed by atoms with Gasteiger partial charge in [0.15, 0.2) is 0 Å². The van der Waals surface area contributed by atoms with E-state index < -0.39 is 0 Å². The molecular weight excluding hydrogens is 548 g/mol. The van der Waals surface area contributed by atoms with E-state index in [1.54, 1.807) is 0 Å². The van der Waals surface area contributed by atoms with E-state index in [1.807, 2.05) is 24.4 Å². The maximum Gasteiger partial charge on any atom is 0.0991 e. The topological polar surface area (TPSA) is 46.0 Å². The van der Waals surface area contributed by atoms with E-state index in [1.165, 1.54) is 43.8 Å². The molecule has 0 spiro atoms. The van der Waals surface area contributed by atoms with E-state index >= 15 is 0 Å². The molecule has 4 nitrogen and oxygen atoms in total. The molecule has 0 fully saturated rings. The van der Waals surface area contributed by atoms with Crippen molar-refractivity contribution < 1.29 is 0 Å². The van der Waals surface area contributed by atoms with Gasteiger partial charge in [-0.3, -0.25) is 4.99 Å². The van der Waals surface area contributed by atoms with Gasteiger partial charge in [-0.15, -0.1) is 0 Å². The number of aryl methyl sites for hydroxylation is 4. The first kappa shape index (κ1) is 28.1. The van der Waals surface area contributed by atoms with Gasteiger partial charge in [0.05, 0.1) is 45.6 Å². The summed E-state index contributed by atoms with van der Waals surface area (Å²) in [7, 11) is 0. The molecule has 4 heteroatoms. The second-order valence-electron chi connectivity index (χ2n) is 12.1. The molecule has 0 N–H and O–H groups in total. The standard InChI is InChI=1S/C41H34N4/c1-25-10-14-32-33-15-11-26(2)19-37(33)44(36(32)18-25)29(5)41(31-9-7-8-30(22-31)23-42)40(24-43-6)45-38-20-27(3)12-16-34(38)35-17-13-28(4)21-39(35)45/h7-22,24H,6H2,1-5H3/b40-24+,41-29+. The zero-order valence-electron chi connectivity index (χ0n) is 26.3. The van der Waals surface area contributed by atoms with Gasteiger partial charge in [-0.2, -0.15) is 5.26 Å². The number of fused-ring (bicyclic) bond motifs is 6. The Morgan fingerprint density at radius 2 is 1.09 bits per heavy atom. The Balaban J connectivity index is 1.69. The number of benzene rings is 5. The molecule has 0 saturated heterocycles. The zero-order chi connectivity index (χ0) is 31.4. The minimum atomic E-state index is 0.603. The number of hydrogen-bond donors (Lipinski definition) is 0. The number of nitriles is 1. The molecular formula is C41H34N4. The fourth-order valence-electron chi connectivity index (χ4n) is 6.82. The van der Waals surface area contributed by atoms with Crippen LogP contribution in [0.15, 0.2) is 108 Å². The molecule has 0 aliphatic rings. The average molecular weight is 583 g/mol. The fourth-order valence-corrected chi connectivity index (χ4v) is 6.82. The van der Waals surface area contributed by atoms with E-state index in [0.717, 1.165) is 44.6 Å². The highest BCUT2D eigenvalue weighted by Crippen LogP contribution is 2.42. The minimum absolute atomic E-state index is 0.603. The lowest BCUT2D eigenvalue weighted by atomic mass is 9.98. The summed E-state index contributed by atoms with van der Waals surface area (Å²) in [4.78, 5) is 4.41. The number of nitrogens with zero attached hydrogens (tertiary/aromatic N) is 4. The third-order valence-corrected chi connectivity index (χ3v) is 8.85. The van der Waals surface area contributed by atoms with Crippen molar-refractivity contribution in [3.05, 3.63) is 137 Å². The van der Waals surface area contributed by atoms with Crippen molar-refractivity contribution in [1.82, 2.24) is 9.13 Å². The van der Waals surface area contributed by atoms with Crippen LogP contribution < -0.4 is 0 Å². The predicted molar refractivity (Wildman–Crippen MR) is 192 cm³/mol. The van der Waals surface area contributed by atoms with Gasteiger partial charge in [0.1, 0.15) is 0 Å². The number of rotatable bonds is 5. The molecule has 0 saturated carbocycles. The molecule has 7 rings (SSSR count). The van der Waals surface area contributed by atoms with E-state index in [2.05, 4.69) is 140 Å². The average Bonchev–Trinajstić information content (AvgIpc) is 3.51. The van der Waals surface area contributed by atoms with Crippen LogP contribution >= 0.6 is 0 Å². The van der Waals surface area contributed by atoms with Crippen molar-refractivity contribution in [2.24, 2.45) is 4.99 Å². The Morgan fingerprint density at radius 3 is 1.51 bits per heavy atom. The van der Waals surface area contributed by atoms with Crippen molar-refractivity contribution in [3.8, 4) is 6.07 Å². The summed E-state index contributed by atoms with van der Waals surface area (Å²) in [5.41, 5.74) is 13.7. The van der Waals surface area contributed by atoms with Crippen molar-refractivity contribution in [2.45, 2.75) is 34.6 Å². The van der Waals surface area contributed by atoms with E-state index in [9.17, 15) is 5.26 Å². The molecule has 0 amide bonds. The molecule has 45 heavy (non-hydrogen) atoms. The molecule has 2 heterocycles. The quantitative estimate of drug-likeness (QED) is 0.147. The van der Waals surface area contributed by atoms with Crippen LogP contribution in [0.2, 0.25) is 0 Å². The van der Waals surface area contributed by atoms with Gasteiger partial charge < -0.3 is 9.13 Å². The Morgan fingerprint density at radius 1 is 0.644 bits per heavy atom. The number of hydrogen-bond acceptors (Lipinski definition) is 2. The van der Waals surface area contributed by atoms with Crippen molar-refractivity contribution in [1.29, 1.82) is 5.26 Å². The molecule has 5 aromatic carbocycles. The number of aliphatic imine (C=N–C) groups is 1. The summed E-state index contributed by atoms with van der Waals surface area (Å²) >= 11 is 0. The number of allylic oxidation sites excluding steroid dienone is 3. The summed E-state index contributed by atoms with van der Waals surface area (Å²) in [6.07, 6.45) is 1.87. The lowest BCUT2D eigenvalue weighted by molar-refractivity contribution is 1.18. The first-order chi connectivity index (χ1) is 21.8. The van der Waals surface area contributed by atoms with E-state index in [-0.39, 0.29) is 0 Å². The van der Waals surface area contributed by atoms with Crippen LogP contribution in [0.4, 0.5) is 0 Å². The summed E-state index contributed by atoms with van der Waals surface area (Å²) < 4.78 is 4.70. The molecule has 0 atom stereocenters. The SMILES string of the molecule is C=N/C=C(\C(=C(/C)n1c2cc(C)ccc2c2ccc(C)cc21)c1cccc(C#N)c1)n1c2cc(C)ccc2c2ccc(C)cc21. The fraction of sp³-hybridized carbons (Fsp3) is 0.122. The second kappa shape index (κ2) is 10.8. The Bertz CT molecular complexity index is 2340. The molecule has 0 radical (unpaired) electrons. The van der Waals surface area contributed by atoms with Gasteiger partial charge in [0, 0.05) is 32.8 Å². The zero-order valence-corrected chi connectivity index (χ0v) is 26.3. The number of aromatic nitrogens is 2. The minimum Gasteiger partial charge on any atom is -0.313 e. The largest absolute Gasteiger partial charge is 0.313 e. The Labute approximate surface area is 263 Å². The van der Waals surface area contributed by atoms with E-state index in [0.29, 0.717) is 5.56 Å². The van der Waals surface area contributed by atoms with Crippen molar-refractivity contribution in [3.63, 3.8) is 0 Å². The van der Waals surface area contributed by atoms with Crippen LogP contribution in [0.25, 0.3) is 60.6 Å². The van der Waals surface area contributed by atoms with Crippen LogP contribution in [0.1, 0.15) is 40.3 Å².